The maximum atomic E-state index is 13.4. The predicted molar refractivity (Wildman–Crippen MR) is 158 cm³/mol. The number of phenolic OH excluding ortho intramolecular Hbond substituents is 1. The van der Waals surface area contributed by atoms with Crippen LogP contribution in [0.3, 0.4) is 0 Å². The van der Waals surface area contributed by atoms with E-state index in [1.54, 1.807) is 23.5 Å². The molecular formula is C29H30ClN5O5S. The predicted octanol–water partition coefficient (Wildman–Crippen LogP) is 4.92. The number of aliphatic hydroxyl groups excluding tert-OH is 1. The van der Waals surface area contributed by atoms with Gasteiger partial charge in [-0.1, -0.05) is 23.7 Å². The van der Waals surface area contributed by atoms with Crippen LogP contribution >= 0.6 is 22.9 Å². The fourth-order valence-corrected chi connectivity index (χ4v) is 5.94. The van der Waals surface area contributed by atoms with Gasteiger partial charge < -0.3 is 25.0 Å². The van der Waals surface area contributed by atoms with Gasteiger partial charge in [0.2, 0.25) is 5.91 Å². The molecule has 3 N–H and O–H groups in total. The minimum atomic E-state index is -0.613. The zero-order chi connectivity index (χ0) is 29.1. The zero-order valence-electron chi connectivity index (χ0n) is 22.8. The number of ether oxygens (including phenoxy) is 2. The summed E-state index contributed by atoms with van der Waals surface area (Å²) in [6.07, 6.45) is 0.00819. The van der Waals surface area contributed by atoms with Gasteiger partial charge in [-0.05, 0) is 50.6 Å². The third-order valence-electron chi connectivity index (χ3n) is 6.70. The maximum absolute atomic E-state index is 13.4. The number of aliphatic hydroxyl groups is 1. The Balaban J connectivity index is 1.44. The topological polar surface area (TPSA) is 131 Å². The summed E-state index contributed by atoms with van der Waals surface area (Å²) in [5.41, 5.74) is 4.22. The van der Waals surface area contributed by atoms with E-state index < -0.39 is 6.04 Å². The summed E-state index contributed by atoms with van der Waals surface area (Å²) in [7, 11) is 0. The number of hydrogen-bond acceptors (Lipinski definition) is 9. The Labute approximate surface area is 246 Å². The number of thiophene rings is 1. The van der Waals surface area contributed by atoms with E-state index in [0.29, 0.717) is 22.4 Å². The summed E-state index contributed by atoms with van der Waals surface area (Å²) >= 11 is 7.83. The van der Waals surface area contributed by atoms with Crippen molar-refractivity contribution in [2.75, 3.05) is 31.7 Å². The standard InChI is InChI=1S/C29H30ClN5O5S/c1-16-17(2)41-29-26(16)27(19-4-6-20(30)7-5-19)32-22(28-34-33-18(3)35(28)29)15-25(38)31-21-8-9-23(37)24(14-21)40-13-12-39-11-10-36/h4-9,14,22,36-37H,10-13,15H2,1-3H3,(H,31,38)/t22-/m0/s1. The van der Waals surface area contributed by atoms with Crippen LogP contribution in [0.25, 0.3) is 5.00 Å². The second-order valence-electron chi connectivity index (χ2n) is 9.52. The Kier molecular flexibility index (Phi) is 8.69. The van der Waals surface area contributed by atoms with Gasteiger partial charge in [0.25, 0.3) is 0 Å². The Morgan fingerprint density at radius 3 is 2.63 bits per heavy atom. The molecule has 2 aromatic heterocycles. The number of carbonyl (C=O) groups is 1. The highest BCUT2D eigenvalue weighted by Crippen LogP contribution is 2.40. The molecular weight excluding hydrogens is 566 g/mol. The van der Waals surface area contributed by atoms with Crippen LogP contribution in [0.2, 0.25) is 5.02 Å². The lowest BCUT2D eigenvalue weighted by atomic mass is 9.99. The van der Waals surface area contributed by atoms with Crippen LogP contribution < -0.4 is 10.1 Å². The number of fused-ring (bicyclic) bond motifs is 3. The Bertz CT molecular complexity index is 1600. The largest absolute Gasteiger partial charge is 0.504 e. The number of amides is 1. The summed E-state index contributed by atoms with van der Waals surface area (Å²) in [5.74, 6) is 1.15. The summed E-state index contributed by atoms with van der Waals surface area (Å²) < 4.78 is 12.8. The zero-order valence-corrected chi connectivity index (χ0v) is 24.4. The van der Waals surface area contributed by atoms with Crippen LogP contribution in [-0.2, 0) is 9.53 Å². The van der Waals surface area contributed by atoms with Crippen LogP contribution in [0, 0.1) is 20.8 Å². The van der Waals surface area contributed by atoms with E-state index >= 15 is 0 Å². The first-order chi connectivity index (χ1) is 19.8. The van der Waals surface area contributed by atoms with Crippen LogP contribution in [0.15, 0.2) is 47.5 Å². The second kappa shape index (κ2) is 12.4. The molecule has 3 heterocycles. The molecule has 4 aromatic rings. The molecule has 0 spiro atoms. The van der Waals surface area contributed by atoms with Gasteiger partial charge in [0.1, 0.15) is 23.5 Å². The number of aliphatic imine (C=N–C) groups is 1. The number of phenols is 1. The summed E-state index contributed by atoms with van der Waals surface area (Å²) in [6.45, 7) is 6.59. The molecule has 0 unspecified atom stereocenters. The van der Waals surface area contributed by atoms with Gasteiger partial charge in [-0.3, -0.25) is 14.4 Å². The molecule has 12 heteroatoms. The van der Waals surface area contributed by atoms with E-state index in [1.807, 2.05) is 35.8 Å². The highest BCUT2D eigenvalue weighted by atomic mass is 35.5. The van der Waals surface area contributed by atoms with Crippen molar-refractivity contribution in [3.05, 3.63) is 80.7 Å². The molecule has 0 radical (unpaired) electrons. The van der Waals surface area contributed by atoms with Gasteiger partial charge in [-0.25, -0.2) is 0 Å². The number of nitrogens with zero attached hydrogens (tertiary/aromatic N) is 4. The van der Waals surface area contributed by atoms with Crippen molar-refractivity contribution in [2.24, 2.45) is 4.99 Å². The Morgan fingerprint density at radius 1 is 1.10 bits per heavy atom. The van der Waals surface area contributed by atoms with E-state index in [2.05, 4.69) is 29.4 Å². The van der Waals surface area contributed by atoms with Crippen LogP contribution in [0.4, 0.5) is 5.69 Å². The summed E-state index contributed by atoms with van der Waals surface area (Å²) in [5, 5.41) is 32.2. The van der Waals surface area contributed by atoms with Crippen molar-refractivity contribution in [3.63, 3.8) is 0 Å². The smallest absolute Gasteiger partial charge is 0.227 e. The lowest BCUT2D eigenvalue weighted by molar-refractivity contribution is -0.116. The Hall–Kier alpha value is -3.77. The molecule has 0 bridgehead atoms. The van der Waals surface area contributed by atoms with Crippen molar-refractivity contribution in [2.45, 2.75) is 33.2 Å². The van der Waals surface area contributed by atoms with E-state index in [0.717, 1.165) is 32.3 Å². The number of hydrogen-bond donors (Lipinski definition) is 3. The van der Waals surface area contributed by atoms with Gasteiger partial charge in [0, 0.05) is 32.8 Å². The number of aryl methyl sites for hydroxylation is 2. The van der Waals surface area contributed by atoms with Crippen molar-refractivity contribution < 1.29 is 24.5 Å². The third kappa shape index (κ3) is 6.13. The molecule has 10 nitrogen and oxygen atoms in total. The average Bonchev–Trinajstić information content (AvgIpc) is 3.42. The number of halogens is 1. The number of aromatic nitrogens is 3. The molecule has 1 aliphatic heterocycles. The van der Waals surface area contributed by atoms with Gasteiger partial charge in [0.15, 0.2) is 17.3 Å². The number of anilines is 1. The van der Waals surface area contributed by atoms with Gasteiger partial charge >= 0.3 is 0 Å². The molecule has 1 atom stereocenters. The lowest BCUT2D eigenvalue weighted by Gasteiger charge is -2.14. The maximum Gasteiger partial charge on any atom is 0.227 e. The quantitative estimate of drug-likeness (QED) is 0.175. The molecule has 214 valence electrons. The molecule has 5 rings (SSSR count). The molecule has 0 aliphatic carbocycles. The minimum absolute atomic E-state index is 0.00819. The monoisotopic (exact) mass is 595 g/mol. The highest BCUT2D eigenvalue weighted by molar-refractivity contribution is 7.15. The molecule has 0 saturated heterocycles. The van der Waals surface area contributed by atoms with E-state index in [1.165, 1.54) is 6.07 Å². The molecule has 0 fully saturated rings. The van der Waals surface area contributed by atoms with Gasteiger partial charge in [-0.15, -0.1) is 21.5 Å². The fraction of sp³-hybridized carbons (Fsp3) is 0.310. The first-order valence-corrected chi connectivity index (χ1v) is 14.3. The minimum Gasteiger partial charge on any atom is -0.504 e. The molecule has 2 aromatic carbocycles. The molecule has 0 saturated carbocycles. The van der Waals surface area contributed by atoms with Crippen LogP contribution in [-0.4, -0.2) is 63.0 Å². The highest BCUT2D eigenvalue weighted by Gasteiger charge is 2.32. The van der Waals surface area contributed by atoms with E-state index in [4.69, 9.17) is 31.2 Å². The summed E-state index contributed by atoms with van der Waals surface area (Å²) in [6, 6.07) is 11.5. The van der Waals surface area contributed by atoms with Crippen LogP contribution in [0.1, 0.15) is 45.7 Å². The average molecular weight is 596 g/mol. The number of rotatable bonds is 10. The SMILES string of the molecule is Cc1sc2c(c1C)C(c1ccc(Cl)cc1)=N[C@@H](CC(=O)Nc1ccc(O)c(OCCOCCO)c1)c1nnc(C)n1-2. The second-order valence-corrected chi connectivity index (χ2v) is 11.2. The number of aromatic hydroxyl groups is 1. The van der Waals surface area contributed by atoms with E-state index in [9.17, 15) is 9.90 Å². The van der Waals surface area contributed by atoms with Gasteiger partial charge in [0.05, 0.1) is 32.0 Å². The number of carbonyl (C=O) groups excluding carboxylic acids is 1. The van der Waals surface area contributed by atoms with Crippen molar-refractivity contribution in [1.82, 2.24) is 14.8 Å². The molecule has 41 heavy (non-hydrogen) atoms. The number of benzene rings is 2. The number of nitrogens with one attached hydrogen (secondary N) is 1. The Morgan fingerprint density at radius 2 is 1.88 bits per heavy atom. The van der Waals surface area contributed by atoms with E-state index in [-0.39, 0.29) is 50.3 Å². The van der Waals surface area contributed by atoms with Crippen LogP contribution in [0.5, 0.6) is 11.5 Å². The lowest BCUT2D eigenvalue weighted by Crippen LogP contribution is -2.17. The third-order valence-corrected chi connectivity index (χ3v) is 8.14. The molecule has 1 aliphatic rings. The summed E-state index contributed by atoms with van der Waals surface area (Å²) in [4.78, 5) is 19.6. The normalized spacial score (nSPS) is 14.2. The van der Waals surface area contributed by atoms with Gasteiger partial charge in [-0.2, -0.15) is 0 Å². The molecule has 1 amide bonds. The van der Waals surface area contributed by atoms with Crippen molar-refractivity contribution >= 4 is 40.2 Å². The van der Waals surface area contributed by atoms with Crippen molar-refractivity contribution in [1.29, 1.82) is 0 Å². The first-order valence-electron chi connectivity index (χ1n) is 13.1. The van der Waals surface area contributed by atoms with Crippen molar-refractivity contribution in [3.8, 4) is 16.5 Å². The fourth-order valence-electron chi connectivity index (χ4n) is 4.60. The first kappa shape index (κ1) is 28.7.